The molecular weight excluding hydrogens is 472 g/mol. The zero-order chi connectivity index (χ0) is 25.6. The molecular formula is C26H21F2N3O5. The Kier molecular flexibility index (Phi) is 5.68. The number of carboxylic acids is 1. The largest absolute Gasteiger partial charge is 0.485 e. The van der Waals surface area contributed by atoms with E-state index >= 15 is 0 Å². The molecule has 2 unspecified atom stereocenters. The van der Waals surface area contributed by atoms with E-state index in [1.807, 2.05) is 0 Å². The van der Waals surface area contributed by atoms with E-state index in [0.29, 0.717) is 11.1 Å². The van der Waals surface area contributed by atoms with Gasteiger partial charge in [-0.15, -0.1) is 0 Å². The molecule has 1 aliphatic carbocycles. The molecule has 0 aliphatic heterocycles. The third kappa shape index (κ3) is 3.57. The Morgan fingerprint density at radius 1 is 1.14 bits per heavy atom. The summed E-state index contributed by atoms with van der Waals surface area (Å²) >= 11 is 0. The normalized spacial score (nSPS) is 18.7. The van der Waals surface area contributed by atoms with Crippen molar-refractivity contribution in [1.82, 2.24) is 14.7 Å². The average Bonchev–Trinajstić information content (AvgIpc) is 3.33. The summed E-state index contributed by atoms with van der Waals surface area (Å²) in [5.74, 6) is -3.50. The highest BCUT2D eigenvalue weighted by Gasteiger charge is 2.54. The molecule has 2 aromatic carbocycles. The molecule has 1 aliphatic rings. The maximum atomic E-state index is 14.0. The number of carbonyl (C=O) groups excluding carboxylic acids is 1. The monoisotopic (exact) mass is 493 g/mol. The van der Waals surface area contributed by atoms with Gasteiger partial charge in [-0.25, -0.2) is 18.6 Å². The third-order valence-corrected chi connectivity index (χ3v) is 6.44. The van der Waals surface area contributed by atoms with Crippen LogP contribution in [0, 0.1) is 18.6 Å². The Morgan fingerprint density at radius 2 is 1.86 bits per heavy atom. The van der Waals surface area contributed by atoms with Crippen LogP contribution in [0.4, 0.5) is 8.78 Å². The summed E-state index contributed by atoms with van der Waals surface area (Å²) in [5.41, 5.74) is -0.862. The molecule has 5 rings (SSSR count). The van der Waals surface area contributed by atoms with E-state index < -0.39 is 41.8 Å². The number of aliphatic carboxylic acids is 1. The number of hydrogen-bond acceptors (Lipinski definition) is 5. The molecule has 2 atom stereocenters. The Bertz CT molecular complexity index is 1500. The molecule has 3 N–H and O–H groups in total. The van der Waals surface area contributed by atoms with Crippen molar-refractivity contribution < 1.29 is 33.3 Å². The van der Waals surface area contributed by atoms with Crippen molar-refractivity contribution in [2.75, 3.05) is 0 Å². The summed E-state index contributed by atoms with van der Waals surface area (Å²) < 4.78 is 35.1. The number of benzene rings is 2. The number of aromatic nitrogens is 2. The maximum Gasteiger partial charge on any atom is 0.336 e. The minimum absolute atomic E-state index is 0.0322. The van der Waals surface area contributed by atoms with Gasteiger partial charge in [-0.2, -0.15) is 0 Å². The number of hydrogen-bond donors (Lipinski definition) is 3. The SMILES string of the molecule is Cc1nc2c(OCc3c(F)cccc3F)cccn2c1C(=O)NC1(C(=O)O)c2ccccc2CC1O. The second kappa shape index (κ2) is 8.72. The molecule has 0 saturated heterocycles. The quantitative estimate of drug-likeness (QED) is 0.381. The Labute approximate surface area is 203 Å². The van der Waals surface area contributed by atoms with Crippen LogP contribution in [-0.4, -0.2) is 37.6 Å². The highest BCUT2D eigenvalue weighted by atomic mass is 19.1. The van der Waals surface area contributed by atoms with Crippen molar-refractivity contribution in [2.45, 2.75) is 31.6 Å². The van der Waals surface area contributed by atoms with Crippen molar-refractivity contribution in [3.05, 3.63) is 101 Å². The standard InChI is InChI=1S/C26H21F2N3O5/c1-14-22(24(33)30-26(25(34)35)17-7-3-2-6-15(17)12-21(26)32)31-11-5-10-20(23(31)29-14)36-13-16-18(27)8-4-9-19(16)28/h2-11,21,32H,12-13H2,1H3,(H,30,33)(H,34,35). The Balaban J connectivity index is 1.50. The van der Waals surface area contributed by atoms with Gasteiger partial charge in [0.1, 0.15) is 23.9 Å². The van der Waals surface area contributed by atoms with E-state index in [4.69, 9.17) is 4.74 Å². The summed E-state index contributed by atoms with van der Waals surface area (Å²) in [6.45, 7) is 1.16. The van der Waals surface area contributed by atoms with Crippen LogP contribution in [0.25, 0.3) is 5.65 Å². The Hall–Kier alpha value is -4.31. The second-order valence-corrected chi connectivity index (χ2v) is 8.55. The lowest BCUT2D eigenvalue weighted by Crippen LogP contribution is -2.57. The van der Waals surface area contributed by atoms with Crippen molar-refractivity contribution in [2.24, 2.45) is 0 Å². The van der Waals surface area contributed by atoms with Gasteiger partial charge in [0.25, 0.3) is 5.91 Å². The lowest BCUT2D eigenvalue weighted by molar-refractivity contribution is -0.149. The average molecular weight is 493 g/mol. The molecule has 0 spiro atoms. The van der Waals surface area contributed by atoms with Crippen LogP contribution in [0.3, 0.4) is 0 Å². The topological polar surface area (TPSA) is 113 Å². The molecule has 1 amide bonds. The number of rotatable bonds is 6. The lowest BCUT2D eigenvalue weighted by Gasteiger charge is -2.30. The molecule has 10 heteroatoms. The number of amides is 1. The summed E-state index contributed by atoms with van der Waals surface area (Å²) in [6, 6.07) is 13.2. The minimum atomic E-state index is -2.04. The number of nitrogens with zero attached hydrogens (tertiary/aromatic N) is 2. The van der Waals surface area contributed by atoms with Crippen molar-refractivity contribution in [1.29, 1.82) is 0 Å². The van der Waals surface area contributed by atoms with E-state index in [2.05, 4.69) is 10.3 Å². The number of nitrogens with one attached hydrogen (secondary N) is 1. The van der Waals surface area contributed by atoms with E-state index in [1.54, 1.807) is 37.3 Å². The van der Waals surface area contributed by atoms with Crippen LogP contribution in [0.5, 0.6) is 5.75 Å². The predicted molar refractivity (Wildman–Crippen MR) is 124 cm³/mol. The number of pyridine rings is 1. The summed E-state index contributed by atoms with van der Waals surface area (Å²) in [4.78, 5) is 30.2. The number of aliphatic hydroxyl groups is 1. The van der Waals surface area contributed by atoms with Gasteiger partial charge in [-0.1, -0.05) is 30.3 Å². The molecule has 184 valence electrons. The number of carboxylic acid groups (broad SMARTS) is 1. The van der Waals surface area contributed by atoms with Gasteiger partial charge in [-0.05, 0) is 42.3 Å². The number of ether oxygens (including phenoxy) is 1. The van der Waals surface area contributed by atoms with Crippen molar-refractivity contribution >= 4 is 17.5 Å². The summed E-state index contributed by atoms with van der Waals surface area (Å²) in [5, 5.41) is 23.4. The van der Waals surface area contributed by atoms with E-state index in [-0.39, 0.29) is 34.8 Å². The molecule has 0 bridgehead atoms. The Morgan fingerprint density at radius 3 is 2.58 bits per heavy atom. The van der Waals surface area contributed by atoms with Crippen molar-refractivity contribution in [3.63, 3.8) is 0 Å². The van der Waals surface area contributed by atoms with Gasteiger partial charge >= 0.3 is 5.97 Å². The molecule has 0 fully saturated rings. The number of halogens is 2. The molecule has 2 heterocycles. The van der Waals surface area contributed by atoms with Crippen LogP contribution >= 0.6 is 0 Å². The summed E-state index contributed by atoms with van der Waals surface area (Å²) in [7, 11) is 0. The van der Waals surface area contributed by atoms with Gasteiger partial charge in [0.2, 0.25) is 0 Å². The molecule has 0 radical (unpaired) electrons. The summed E-state index contributed by atoms with van der Waals surface area (Å²) in [6.07, 6.45) is 0.220. The zero-order valence-corrected chi connectivity index (χ0v) is 19.0. The molecule has 0 saturated carbocycles. The smallest absolute Gasteiger partial charge is 0.336 e. The fourth-order valence-electron chi connectivity index (χ4n) is 4.69. The fraction of sp³-hybridized carbons (Fsp3) is 0.192. The van der Waals surface area contributed by atoms with Gasteiger partial charge < -0.3 is 20.3 Å². The second-order valence-electron chi connectivity index (χ2n) is 8.55. The highest BCUT2D eigenvalue weighted by Crippen LogP contribution is 2.38. The van der Waals surface area contributed by atoms with Crippen LogP contribution in [0.1, 0.15) is 32.9 Å². The fourth-order valence-corrected chi connectivity index (χ4v) is 4.69. The molecule has 36 heavy (non-hydrogen) atoms. The lowest BCUT2D eigenvalue weighted by atomic mass is 9.89. The number of aryl methyl sites for hydroxylation is 1. The molecule has 2 aromatic heterocycles. The first kappa shape index (κ1) is 23.4. The van der Waals surface area contributed by atoms with Gasteiger partial charge in [0.15, 0.2) is 16.9 Å². The van der Waals surface area contributed by atoms with Gasteiger partial charge in [-0.3, -0.25) is 9.20 Å². The van der Waals surface area contributed by atoms with Gasteiger partial charge in [0, 0.05) is 12.6 Å². The van der Waals surface area contributed by atoms with Crippen molar-refractivity contribution in [3.8, 4) is 5.75 Å². The number of imidazole rings is 1. The van der Waals surface area contributed by atoms with Gasteiger partial charge in [0.05, 0.1) is 17.4 Å². The van der Waals surface area contributed by atoms with Crippen LogP contribution in [0.15, 0.2) is 60.8 Å². The minimum Gasteiger partial charge on any atom is -0.485 e. The maximum absolute atomic E-state index is 14.0. The van der Waals surface area contributed by atoms with E-state index in [9.17, 15) is 28.6 Å². The third-order valence-electron chi connectivity index (χ3n) is 6.44. The first-order valence-electron chi connectivity index (χ1n) is 11.1. The molecule has 4 aromatic rings. The number of carbonyl (C=O) groups is 2. The van der Waals surface area contributed by atoms with Crippen LogP contribution < -0.4 is 10.1 Å². The number of fused-ring (bicyclic) bond motifs is 2. The first-order valence-corrected chi connectivity index (χ1v) is 11.1. The van der Waals surface area contributed by atoms with Crippen LogP contribution in [-0.2, 0) is 23.4 Å². The van der Waals surface area contributed by atoms with Crippen LogP contribution in [0.2, 0.25) is 0 Å². The van der Waals surface area contributed by atoms with E-state index in [0.717, 1.165) is 12.1 Å². The number of aliphatic hydroxyl groups excluding tert-OH is 1. The predicted octanol–water partition coefficient (Wildman–Crippen LogP) is 3.13. The van der Waals surface area contributed by atoms with E-state index in [1.165, 1.54) is 22.7 Å². The highest BCUT2D eigenvalue weighted by molar-refractivity contribution is 5.99. The zero-order valence-electron chi connectivity index (χ0n) is 19.0. The molecule has 8 nitrogen and oxygen atoms in total. The first-order chi connectivity index (χ1) is 17.2.